The van der Waals surface area contributed by atoms with Gasteiger partial charge in [-0.3, -0.25) is 14.3 Å². The van der Waals surface area contributed by atoms with Gasteiger partial charge in [-0.1, -0.05) is 23.8 Å². The highest BCUT2D eigenvalue weighted by atomic mass is 19.4. The zero-order chi connectivity index (χ0) is 26.2. The van der Waals surface area contributed by atoms with Crippen molar-refractivity contribution in [2.45, 2.75) is 26.6 Å². The number of carbonyl (C=O) groups is 2. The Bertz CT molecular complexity index is 1550. The van der Waals surface area contributed by atoms with Crippen LogP contribution in [0.5, 0.6) is 0 Å². The number of pyridine rings is 1. The maximum atomic E-state index is 13.8. The number of nitrogens with one attached hydrogen (secondary N) is 1. The molecule has 2 aromatic carbocycles. The van der Waals surface area contributed by atoms with Gasteiger partial charge < -0.3 is 11.1 Å². The lowest BCUT2D eigenvalue weighted by Crippen LogP contribution is -2.19. The lowest BCUT2D eigenvalue weighted by Gasteiger charge is -2.11. The first-order chi connectivity index (χ1) is 17.0. The lowest BCUT2D eigenvalue weighted by molar-refractivity contribution is -0.140. The molecule has 0 fully saturated rings. The Balaban J connectivity index is 1.73. The molecule has 36 heavy (non-hydrogen) atoms. The molecule has 3 N–H and O–H groups in total. The van der Waals surface area contributed by atoms with Crippen molar-refractivity contribution >= 4 is 28.4 Å². The van der Waals surface area contributed by atoms with Gasteiger partial charge in [-0.25, -0.2) is 4.98 Å². The van der Waals surface area contributed by atoms with Crippen molar-refractivity contribution in [3.8, 4) is 6.07 Å². The van der Waals surface area contributed by atoms with Crippen molar-refractivity contribution in [1.29, 1.82) is 5.26 Å². The maximum absolute atomic E-state index is 13.8. The van der Waals surface area contributed by atoms with Crippen LogP contribution >= 0.6 is 0 Å². The Kier molecular flexibility index (Phi) is 6.20. The standard InChI is InChI=1S/C25H19F3N6O2/c1-13-3-8-19-17(9-13)18(23(30)35)10-20(31-19)24(36)32-21-14(2)34(33-22(21)25(26,27)28)12-16-6-4-15(11-29)5-7-16/h3-10H,12H2,1-2H3,(H2,30,35)(H,32,36). The van der Waals surface area contributed by atoms with Crippen LogP contribution in [0, 0.1) is 25.2 Å². The van der Waals surface area contributed by atoms with Crippen LogP contribution in [0.4, 0.5) is 18.9 Å². The second-order valence-corrected chi connectivity index (χ2v) is 8.17. The number of amides is 2. The molecule has 0 bridgehead atoms. The SMILES string of the molecule is Cc1ccc2nc(C(=O)Nc3c(C(F)(F)F)nn(Cc4ccc(C#N)cc4)c3C)cc(C(N)=O)c2c1. The first-order valence-corrected chi connectivity index (χ1v) is 10.6. The molecule has 0 atom stereocenters. The fraction of sp³-hybridized carbons (Fsp3) is 0.160. The molecular weight excluding hydrogens is 473 g/mol. The number of halogens is 3. The van der Waals surface area contributed by atoms with E-state index in [1.165, 1.54) is 6.92 Å². The van der Waals surface area contributed by atoms with Gasteiger partial charge in [-0.15, -0.1) is 0 Å². The summed E-state index contributed by atoms with van der Waals surface area (Å²) in [5.74, 6) is -1.75. The first-order valence-electron chi connectivity index (χ1n) is 10.6. The third kappa shape index (κ3) is 4.74. The van der Waals surface area contributed by atoms with Gasteiger partial charge in [0.05, 0.1) is 40.6 Å². The number of aryl methyl sites for hydroxylation is 1. The molecular formula is C25H19F3N6O2. The summed E-state index contributed by atoms with van der Waals surface area (Å²) in [5, 5.41) is 15.3. The van der Waals surface area contributed by atoms with Gasteiger partial charge in [0, 0.05) is 5.39 Å². The molecule has 0 aliphatic carbocycles. The number of fused-ring (bicyclic) bond motifs is 1. The molecule has 0 saturated heterocycles. The van der Waals surface area contributed by atoms with E-state index in [9.17, 15) is 22.8 Å². The summed E-state index contributed by atoms with van der Waals surface area (Å²) >= 11 is 0. The number of carbonyl (C=O) groups excluding carboxylic acids is 2. The summed E-state index contributed by atoms with van der Waals surface area (Å²) in [6.07, 6.45) is -4.85. The van der Waals surface area contributed by atoms with E-state index in [0.717, 1.165) is 16.3 Å². The summed E-state index contributed by atoms with van der Waals surface area (Å²) in [4.78, 5) is 29.2. The maximum Gasteiger partial charge on any atom is 0.437 e. The Morgan fingerprint density at radius 2 is 1.81 bits per heavy atom. The number of nitrogens with zero attached hydrogens (tertiary/aromatic N) is 4. The minimum Gasteiger partial charge on any atom is -0.366 e. The highest BCUT2D eigenvalue weighted by Gasteiger charge is 2.39. The second-order valence-electron chi connectivity index (χ2n) is 8.17. The number of benzene rings is 2. The predicted molar refractivity (Wildman–Crippen MR) is 125 cm³/mol. The highest BCUT2D eigenvalue weighted by Crippen LogP contribution is 2.36. The quantitative estimate of drug-likeness (QED) is 0.429. The predicted octanol–water partition coefficient (Wildman–Crippen LogP) is 4.34. The Labute approximate surface area is 203 Å². The average Bonchev–Trinajstić information content (AvgIpc) is 3.14. The summed E-state index contributed by atoms with van der Waals surface area (Å²) < 4.78 is 42.5. The van der Waals surface area contributed by atoms with E-state index >= 15 is 0 Å². The van der Waals surface area contributed by atoms with Crippen LogP contribution in [0.25, 0.3) is 10.9 Å². The van der Waals surface area contributed by atoms with Crippen LogP contribution in [0.2, 0.25) is 0 Å². The third-order valence-electron chi connectivity index (χ3n) is 5.59. The number of hydrogen-bond donors (Lipinski definition) is 2. The molecule has 4 rings (SSSR count). The van der Waals surface area contributed by atoms with Gasteiger partial charge in [0.25, 0.3) is 5.91 Å². The van der Waals surface area contributed by atoms with E-state index in [0.29, 0.717) is 22.0 Å². The molecule has 4 aromatic rings. The van der Waals surface area contributed by atoms with Crippen molar-refractivity contribution in [2.75, 3.05) is 5.32 Å². The number of nitrogens with two attached hydrogens (primary N) is 1. The van der Waals surface area contributed by atoms with Crippen LogP contribution in [0.1, 0.15) is 48.9 Å². The van der Waals surface area contributed by atoms with Crippen molar-refractivity contribution in [1.82, 2.24) is 14.8 Å². The smallest absolute Gasteiger partial charge is 0.366 e. The minimum atomic E-state index is -4.85. The minimum absolute atomic E-state index is 0.0180. The number of primary amides is 1. The molecule has 2 aromatic heterocycles. The van der Waals surface area contributed by atoms with Crippen LogP contribution in [0.15, 0.2) is 48.5 Å². The molecule has 0 radical (unpaired) electrons. The molecule has 0 spiro atoms. The lowest BCUT2D eigenvalue weighted by atomic mass is 10.0. The Morgan fingerprint density at radius 1 is 1.11 bits per heavy atom. The van der Waals surface area contributed by atoms with Crippen molar-refractivity contribution in [3.63, 3.8) is 0 Å². The molecule has 11 heteroatoms. The van der Waals surface area contributed by atoms with Gasteiger partial charge >= 0.3 is 6.18 Å². The number of rotatable bonds is 5. The number of nitriles is 1. The first kappa shape index (κ1) is 24.4. The van der Waals surface area contributed by atoms with E-state index in [1.807, 2.05) is 13.0 Å². The van der Waals surface area contributed by atoms with Gasteiger partial charge in [0.2, 0.25) is 5.91 Å². The molecule has 182 valence electrons. The van der Waals surface area contributed by atoms with E-state index in [-0.39, 0.29) is 23.5 Å². The van der Waals surface area contributed by atoms with Gasteiger partial charge in [0.1, 0.15) is 5.69 Å². The topological polar surface area (TPSA) is 127 Å². The molecule has 2 amide bonds. The summed E-state index contributed by atoms with van der Waals surface area (Å²) in [7, 11) is 0. The van der Waals surface area contributed by atoms with Crippen LogP contribution < -0.4 is 11.1 Å². The van der Waals surface area contributed by atoms with Crippen LogP contribution in [0.3, 0.4) is 0 Å². The fourth-order valence-electron chi connectivity index (χ4n) is 3.74. The third-order valence-corrected chi connectivity index (χ3v) is 5.59. The van der Waals surface area contributed by atoms with E-state index in [1.54, 1.807) is 42.5 Å². The monoisotopic (exact) mass is 492 g/mol. The molecule has 8 nitrogen and oxygen atoms in total. The summed E-state index contributed by atoms with van der Waals surface area (Å²) in [5.41, 5.74) is 5.66. The van der Waals surface area contributed by atoms with Crippen LogP contribution in [-0.2, 0) is 12.7 Å². The second kappa shape index (κ2) is 9.14. The van der Waals surface area contributed by atoms with Crippen molar-refractivity contribution in [2.24, 2.45) is 5.73 Å². The van der Waals surface area contributed by atoms with E-state index in [4.69, 9.17) is 11.0 Å². The number of anilines is 1. The molecule has 2 heterocycles. The number of aromatic nitrogens is 3. The van der Waals surface area contributed by atoms with Gasteiger partial charge in [-0.2, -0.15) is 23.5 Å². The van der Waals surface area contributed by atoms with Crippen LogP contribution in [-0.4, -0.2) is 26.6 Å². The Hall–Kier alpha value is -4.72. The molecule has 0 saturated carbocycles. The van der Waals surface area contributed by atoms with Crippen molar-refractivity contribution < 1.29 is 22.8 Å². The average molecular weight is 492 g/mol. The largest absolute Gasteiger partial charge is 0.437 e. The van der Waals surface area contributed by atoms with E-state index in [2.05, 4.69) is 15.4 Å². The number of hydrogen-bond acceptors (Lipinski definition) is 5. The molecule has 0 aliphatic heterocycles. The van der Waals surface area contributed by atoms with Gasteiger partial charge in [-0.05, 0) is 49.7 Å². The molecule has 0 aliphatic rings. The summed E-state index contributed by atoms with van der Waals surface area (Å²) in [6, 6.07) is 14.4. The normalized spacial score (nSPS) is 11.3. The van der Waals surface area contributed by atoms with E-state index < -0.39 is 29.4 Å². The van der Waals surface area contributed by atoms with Crippen molar-refractivity contribution in [3.05, 3.63) is 87.9 Å². The molecule has 0 unspecified atom stereocenters. The van der Waals surface area contributed by atoms with Gasteiger partial charge in [0.15, 0.2) is 5.69 Å². The highest BCUT2D eigenvalue weighted by molar-refractivity contribution is 6.10. The fourth-order valence-corrected chi connectivity index (χ4v) is 3.74. The zero-order valence-electron chi connectivity index (χ0n) is 19.1. The zero-order valence-corrected chi connectivity index (χ0v) is 19.1. The number of alkyl halides is 3. The Morgan fingerprint density at radius 3 is 2.42 bits per heavy atom. The summed E-state index contributed by atoms with van der Waals surface area (Å²) in [6.45, 7) is 3.19.